The Labute approximate surface area is 115 Å². The normalized spacial score (nSPS) is 26.5. The number of rotatable bonds is 1. The second-order valence-electron chi connectivity index (χ2n) is 6.76. The first-order valence-electron chi connectivity index (χ1n) is 7.13. The molecule has 1 saturated carbocycles. The predicted molar refractivity (Wildman–Crippen MR) is 79.9 cm³/mol. The second kappa shape index (κ2) is 4.31. The van der Waals surface area contributed by atoms with Crippen LogP contribution < -0.4 is 5.73 Å². The van der Waals surface area contributed by atoms with E-state index in [-0.39, 0.29) is 5.54 Å². The van der Waals surface area contributed by atoms with Gasteiger partial charge in [0, 0.05) is 17.1 Å². The fourth-order valence-electron chi connectivity index (χ4n) is 3.54. The van der Waals surface area contributed by atoms with Crippen molar-refractivity contribution in [3.05, 3.63) is 42.1 Å². The van der Waals surface area contributed by atoms with E-state index >= 15 is 0 Å². The SMILES string of the molecule is CC1(C)CCCC(N)(c2ccc3ncccc3c2)C1. The molecule has 0 radical (unpaired) electrons. The topological polar surface area (TPSA) is 38.9 Å². The lowest BCUT2D eigenvalue weighted by Crippen LogP contribution is -2.44. The Hall–Kier alpha value is -1.41. The summed E-state index contributed by atoms with van der Waals surface area (Å²) >= 11 is 0. The van der Waals surface area contributed by atoms with Crippen molar-refractivity contribution in [3.8, 4) is 0 Å². The van der Waals surface area contributed by atoms with Crippen LogP contribution >= 0.6 is 0 Å². The van der Waals surface area contributed by atoms with E-state index in [0.717, 1.165) is 18.4 Å². The van der Waals surface area contributed by atoms with Crippen LogP contribution in [0.2, 0.25) is 0 Å². The molecule has 100 valence electrons. The lowest BCUT2D eigenvalue weighted by molar-refractivity contribution is 0.151. The minimum atomic E-state index is -0.175. The molecule has 1 atom stereocenters. The number of benzene rings is 1. The molecule has 1 aromatic heterocycles. The van der Waals surface area contributed by atoms with E-state index in [1.54, 1.807) is 0 Å². The number of hydrogen-bond donors (Lipinski definition) is 1. The molecule has 19 heavy (non-hydrogen) atoms. The maximum Gasteiger partial charge on any atom is 0.0702 e. The number of aromatic nitrogens is 1. The van der Waals surface area contributed by atoms with Crippen molar-refractivity contribution in [2.24, 2.45) is 11.1 Å². The van der Waals surface area contributed by atoms with Gasteiger partial charge in [0.05, 0.1) is 5.52 Å². The van der Waals surface area contributed by atoms with Gasteiger partial charge in [-0.15, -0.1) is 0 Å². The third-order valence-corrected chi connectivity index (χ3v) is 4.45. The van der Waals surface area contributed by atoms with Crippen molar-refractivity contribution in [3.63, 3.8) is 0 Å². The molecular formula is C17H22N2. The summed E-state index contributed by atoms with van der Waals surface area (Å²) in [5.74, 6) is 0. The van der Waals surface area contributed by atoms with Gasteiger partial charge in [-0.05, 0) is 48.4 Å². The molecule has 3 rings (SSSR count). The summed E-state index contributed by atoms with van der Waals surface area (Å²) in [6.45, 7) is 4.66. The van der Waals surface area contributed by atoms with E-state index in [1.807, 2.05) is 12.3 Å². The molecule has 2 heteroatoms. The summed E-state index contributed by atoms with van der Waals surface area (Å²) in [4.78, 5) is 4.38. The van der Waals surface area contributed by atoms with Gasteiger partial charge in [0.1, 0.15) is 0 Å². The first-order chi connectivity index (χ1) is 8.99. The summed E-state index contributed by atoms with van der Waals surface area (Å²) in [5.41, 5.74) is 9.21. The van der Waals surface area contributed by atoms with Gasteiger partial charge >= 0.3 is 0 Å². The number of hydrogen-bond acceptors (Lipinski definition) is 2. The third kappa shape index (κ3) is 2.37. The minimum Gasteiger partial charge on any atom is -0.321 e. The zero-order valence-corrected chi connectivity index (χ0v) is 11.8. The highest BCUT2D eigenvalue weighted by molar-refractivity contribution is 5.79. The minimum absolute atomic E-state index is 0.175. The average molecular weight is 254 g/mol. The van der Waals surface area contributed by atoms with Crippen LogP contribution in [0.25, 0.3) is 10.9 Å². The van der Waals surface area contributed by atoms with Crippen molar-refractivity contribution in [2.45, 2.75) is 45.1 Å². The highest BCUT2D eigenvalue weighted by Crippen LogP contribution is 2.44. The third-order valence-electron chi connectivity index (χ3n) is 4.45. The van der Waals surface area contributed by atoms with E-state index in [2.05, 4.69) is 43.1 Å². The van der Waals surface area contributed by atoms with Crippen LogP contribution in [0.1, 0.15) is 45.1 Å². The molecule has 2 aromatic rings. The van der Waals surface area contributed by atoms with E-state index in [1.165, 1.54) is 23.8 Å². The monoisotopic (exact) mass is 254 g/mol. The zero-order valence-electron chi connectivity index (χ0n) is 11.8. The van der Waals surface area contributed by atoms with Crippen LogP contribution in [-0.2, 0) is 5.54 Å². The number of pyridine rings is 1. The van der Waals surface area contributed by atoms with Gasteiger partial charge < -0.3 is 5.73 Å². The van der Waals surface area contributed by atoms with Gasteiger partial charge in [-0.2, -0.15) is 0 Å². The second-order valence-corrected chi connectivity index (χ2v) is 6.76. The van der Waals surface area contributed by atoms with E-state index < -0.39 is 0 Å². The van der Waals surface area contributed by atoms with Crippen LogP contribution in [-0.4, -0.2) is 4.98 Å². The Balaban J connectivity index is 2.03. The molecule has 1 aliphatic rings. The maximum atomic E-state index is 6.73. The molecule has 2 nitrogen and oxygen atoms in total. The Morgan fingerprint density at radius 1 is 1.16 bits per heavy atom. The Morgan fingerprint density at radius 2 is 2.00 bits per heavy atom. The molecule has 0 saturated heterocycles. The molecule has 1 heterocycles. The molecule has 1 aliphatic carbocycles. The van der Waals surface area contributed by atoms with E-state index in [0.29, 0.717) is 5.41 Å². The number of nitrogens with zero attached hydrogens (tertiary/aromatic N) is 1. The molecule has 0 amide bonds. The highest BCUT2D eigenvalue weighted by atomic mass is 14.8. The van der Waals surface area contributed by atoms with Crippen LogP contribution in [0.15, 0.2) is 36.5 Å². The van der Waals surface area contributed by atoms with Crippen LogP contribution in [0, 0.1) is 5.41 Å². The Kier molecular flexibility index (Phi) is 2.86. The summed E-state index contributed by atoms with van der Waals surface area (Å²) in [5, 5.41) is 1.19. The molecule has 1 unspecified atom stereocenters. The summed E-state index contributed by atoms with van der Waals surface area (Å²) < 4.78 is 0. The van der Waals surface area contributed by atoms with Crippen molar-refractivity contribution in [1.29, 1.82) is 0 Å². The maximum absolute atomic E-state index is 6.73. The summed E-state index contributed by atoms with van der Waals surface area (Å²) in [6, 6.07) is 10.6. The van der Waals surface area contributed by atoms with Crippen molar-refractivity contribution >= 4 is 10.9 Å². The number of fused-ring (bicyclic) bond motifs is 1. The van der Waals surface area contributed by atoms with Gasteiger partial charge in [-0.1, -0.05) is 32.4 Å². The first-order valence-corrected chi connectivity index (χ1v) is 7.13. The van der Waals surface area contributed by atoms with Crippen LogP contribution in [0.4, 0.5) is 0 Å². The van der Waals surface area contributed by atoms with Crippen molar-refractivity contribution in [2.75, 3.05) is 0 Å². The van der Waals surface area contributed by atoms with E-state index in [9.17, 15) is 0 Å². The quantitative estimate of drug-likeness (QED) is 0.835. The molecular weight excluding hydrogens is 232 g/mol. The Bertz CT molecular complexity index is 603. The van der Waals surface area contributed by atoms with Crippen molar-refractivity contribution in [1.82, 2.24) is 4.98 Å². The molecule has 0 spiro atoms. The first kappa shape index (κ1) is 12.6. The number of nitrogens with two attached hydrogens (primary N) is 1. The largest absolute Gasteiger partial charge is 0.321 e. The fraction of sp³-hybridized carbons (Fsp3) is 0.471. The predicted octanol–water partition coefficient (Wildman–Crippen LogP) is 3.99. The van der Waals surface area contributed by atoms with Gasteiger partial charge in [0.2, 0.25) is 0 Å². The standard InChI is InChI=1S/C17H22N2/c1-16(2)8-4-9-17(18,12-16)14-6-7-15-13(11-14)5-3-10-19-15/h3,5-7,10-11H,4,8-9,12,18H2,1-2H3. The lowest BCUT2D eigenvalue weighted by Gasteiger charge is -2.43. The van der Waals surface area contributed by atoms with Crippen LogP contribution in [0.3, 0.4) is 0 Å². The van der Waals surface area contributed by atoms with Crippen molar-refractivity contribution < 1.29 is 0 Å². The molecule has 2 N–H and O–H groups in total. The van der Waals surface area contributed by atoms with Gasteiger partial charge in [0.15, 0.2) is 0 Å². The fourth-order valence-corrected chi connectivity index (χ4v) is 3.54. The Morgan fingerprint density at radius 3 is 2.79 bits per heavy atom. The smallest absolute Gasteiger partial charge is 0.0702 e. The average Bonchev–Trinajstić information content (AvgIpc) is 2.36. The zero-order chi connectivity index (χ0) is 13.5. The van der Waals surface area contributed by atoms with Gasteiger partial charge in [-0.3, -0.25) is 4.98 Å². The summed E-state index contributed by atoms with van der Waals surface area (Å²) in [6.07, 6.45) is 6.48. The lowest BCUT2D eigenvalue weighted by atomic mass is 9.66. The molecule has 0 aliphatic heterocycles. The molecule has 1 fully saturated rings. The highest BCUT2D eigenvalue weighted by Gasteiger charge is 2.38. The molecule has 1 aromatic carbocycles. The summed E-state index contributed by atoms with van der Waals surface area (Å²) in [7, 11) is 0. The van der Waals surface area contributed by atoms with Gasteiger partial charge in [-0.25, -0.2) is 0 Å². The molecule has 0 bridgehead atoms. The van der Waals surface area contributed by atoms with E-state index in [4.69, 9.17) is 5.73 Å². The van der Waals surface area contributed by atoms with Gasteiger partial charge in [0.25, 0.3) is 0 Å². The van der Waals surface area contributed by atoms with Crippen LogP contribution in [0.5, 0.6) is 0 Å².